The van der Waals surface area contributed by atoms with Gasteiger partial charge in [0.15, 0.2) is 0 Å². The molecule has 0 spiro atoms. The minimum atomic E-state index is 0.278. The lowest BCUT2D eigenvalue weighted by molar-refractivity contribution is 0.789. The number of benzene rings is 1. The number of hydrogen-bond acceptors (Lipinski definition) is 3. The van der Waals surface area contributed by atoms with E-state index in [0.29, 0.717) is 0 Å². The Morgan fingerprint density at radius 3 is 3.00 bits per heavy atom. The highest BCUT2D eigenvalue weighted by molar-refractivity contribution is 9.09. The lowest BCUT2D eigenvalue weighted by atomic mass is 10.3. The molecule has 1 heterocycles. The Morgan fingerprint density at radius 2 is 2.29 bits per heavy atom. The van der Waals surface area contributed by atoms with Gasteiger partial charge in [-0.1, -0.05) is 34.1 Å². The van der Waals surface area contributed by atoms with Gasteiger partial charge in [-0.25, -0.2) is 4.68 Å². The summed E-state index contributed by atoms with van der Waals surface area (Å²) in [5.41, 5.74) is 2.02. The predicted octanol–water partition coefficient (Wildman–Crippen LogP) is 3.84. The van der Waals surface area contributed by atoms with Crippen molar-refractivity contribution in [2.75, 3.05) is 6.26 Å². The minimum absolute atomic E-state index is 0.278. The molecule has 0 saturated heterocycles. The molecule has 0 aliphatic carbocycles. The monoisotopic (exact) mass is 311 g/mol. The van der Waals surface area contributed by atoms with Gasteiger partial charge in [0.25, 0.3) is 0 Å². The van der Waals surface area contributed by atoms with E-state index in [2.05, 4.69) is 51.6 Å². The Bertz CT molecular complexity index is 498. The Hall–Kier alpha value is -0.810. The summed E-state index contributed by atoms with van der Waals surface area (Å²) in [5.74, 6) is 0. The number of nitrogens with zero attached hydrogens (tertiary/aromatic N) is 3. The smallest absolute Gasteiger partial charge is 0.0967 e. The molecule has 0 amide bonds. The van der Waals surface area contributed by atoms with Crippen molar-refractivity contribution in [3.05, 3.63) is 36.2 Å². The number of alkyl halides is 1. The Labute approximate surface area is 114 Å². The van der Waals surface area contributed by atoms with E-state index < -0.39 is 0 Å². The van der Waals surface area contributed by atoms with Crippen molar-refractivity contribution in [2.45, 2.75) is 23.1 Å². The third-order valence-corrected chi connectivity index (χ3v) is 4.35. The first-order valence-corrected chi connectivity index (χ1v) is 7.59. The molecule has 90 valence electrons. The second-order valence-electron chi connectivity index (χ2n) is 3.67. The topological polar surface area (TPSA) is 30.7 Å². The molecule has 1 atom stereocenters. The summed E-state index contributed by atoms with van der Waals surface area (Å²) in [7, 11) is 0. The van der Waals surface area contributed by atoms with Crippen LogP contribution in [0.1, 0.15) is 23.9 Å². The highest BCUT2D eigenvalue weighted by Crippen LogP contribution is 2.24. The number of rotatable bonds is 4. The Kier molecular flexibility index (Phi) is 4.23. The van der Waals surface area contributed by atoms with Crippen LogP contribution < -0.4 is 0 Å². The molecule has 1 unspecified atom stereocenters. The fourth-order valence-corrected chi connectivity index (χ4v) is 2.17. The van der Waals surface area contributed by atoms with Crippen LogP contribution in [0.25, 0.3) is 5.69 Å². The molecule has 0 saturated carbocycles. The van der Waals surface area contributed by atoms with E-state index in [-0.39, 0.29) is 4.83 Å². The van der Waals surface area contributed by atoms with Crippen LogP contribution in [0.15, 0.2) is 35.4 Å². The van der Waals surface area contributed by atoms with Crippen LogP contribution in [0.5, 0.6) is 0 Å². The minimum Gasteiger partial charge on any atom is -0.220 e. The number of aromatic nitrogens is 3. The standard InChI is InChI=1S/C12H14BrN3S/c1-3-11(13)12-8-16(15-14-12)9-5-4-6-10(7-9)17-2/h4-8,11H,3H2,1-2H3. The average molecular weight is 312 g/mol. The SMILES string of the molecule is CCC(Br)c1cn(-c2cccc(SC)c2)nn1. The summed E-state index contributed by atoms with van der Waals surface area (Å²) >= 11 is 5.30. The van der Waals surface area contributed by atoms with E-state index in [0.717, 1.165) is 17.8 Å². The van der Waals surface area contributed by atoms with Crippen LogP contribution in [-0.2, 0) is 0 Å². The Morgan fingerprint density at radius 1 is 1.47 bits per heavy atom. The van der Waals surface area contributed by atoms with Gasteiger partial charge in [0.05, 0.1) is 22.4 Å². The largest absolute Gasteiger partial charge is 0.220 e. The zero-order chi connectivity index (χ0) is 12.3. The van der Waals surface area contributed by atoms with Gasteiger partial charge >= 0.3 is 0 Å². The van der Waals surface area contributed by atoms with Crippen molar-refractivity contribution < 1.29 is 0 Å². The van der Waals surface area contributed by atoms with E-state index in [1.165, 1.54) is 4.90 Å². The fourth-order valence-electron chi connectivity index (χ4n) is 1.51. The van der Waals surface area contributed by atoms with Gasteiger partial charge in [-0.2, -0.15) is 0 Å². The summed E-state index contributed by atoms with van der Waals surface area (Å²) in [6.45, 7) is 2.12. The Balaban J connectivity index is 2.30. The van der Waals surface area contributed by atoms with Gasteiger partial charge in [-0.15, -0.1) is 16.9 Å². The molecule has 3 nitrogen and oxygen atoms in total. The second-order valence-corrected chi connectivity index (χ2v) is 5.65. The maximum Gasteiger partial charge on any atom is 0.0967 e. The molecular weight excluding hydrogens is 298 g/mol. The molecule has 0 fully saturated rings. The predicted molar refractivity (Wildman–Crippen MR) is 75.1 cm³/mol. The van der Waals surface area contributed by atoms with Crippen molar-refractivity contribution in [1.82, 2.24) is 15.0 Å². The molecule has 5 heteroatoms. The number of hydrogen-bond donors (Lipinski definition) is 0. The maximum absolute atomic E-state index is 4.18. The highest BCUT2D eigenvalue weighted by Gasteiger charge is 2.10. The molecule has 0 N–H and O–H groups in total. The first-order valence-electron chi connectivity index (χ1n) is 5.45. The summed E-state index contributed by atoms with van der Waals surface area (Å²) < 4.78 is 1.82. The number of halogens is 1. The van der Waals surface area contributed by atoms with Crippen molar-refractivity contribution >= 4 is 27.7 Å². The zero-order valence-corrected chi connectivity index (χ0v) is 12.2. The van der Waals surface area contributed by atoms with Crippen LogP contribution in [0, 0.1) is 0 Å². The summed E-state index contributed by atoms with van der Waals surface area (Å²) in [6.07, 6.45) is 5.05. The molecular formula is C12H14BrN3S. The van der Waals surface area contributed by atoms with E-state index in [1.807, 2.05) is 23.0 Å². The molecule has 1 aromatic carbocycles. The molecule has 0 aliphatic rings. The van der Waals surface area contributed by atoms with Gasteiger partial charge in [0, 0.05) is 4.90 Å². The van der Waals surface area contributed by atoms with Crippen molar-refractivity contribution in [2.24, 2.45) is 0 Å². The molecule has 2 rings (SSSR count). The second kappa shape index (κ2) is 5.69. The lowest BCUT2D eigenvalue weighted by Gasteiger charge is -2.02. The van der Waals surface area contributed by atoms with Crippen molar-refractivity contribution in [3.8, 4) is 5.69 Å². The molecule has 0 aliphatic heterocycles. The first-order chi connectivity index (χ1) is 8.24. The van der Waals surface area contributed by atoms with Gasteiger partial charge < -0.3 is 0 Å². The van der Waals surface area contributed by atoms with Crippen LogP contribution >= 0.6 is 27.7 Å². The first kappa shape index (κ1) is 12.6. The van der Waals surface area contributed by atoms with Crippen LogP contribution in [0.2, 0.25) is 0 Å². The van der Waals surface area contributed by atoms with Crippen LogP contribution in [-0.4, -0.2) is 21.2 Å². The highest BCUT2D eigenvalue weighted by atomic mass is 79.9. The normalized spacial score (nSPS) is 12.6. The summed E-state index contributed by atoms with van der Waals surface area (Å²) in [6, 6.07) is 8.27. The van der Waals surface area contributed by atoms with Crippen molar-refractivity contribution in [1.29, 1.82) is 0 Å². The van der Waals surface area contributed by atoms with E-state index >= 15 is 0 Å². The molecule has 2 aromatic rings. The van der Waals surface area contributed by atoms with Gasteiger partial charge in [0.2, 0.25) is 0 Å². The van der Waals surface area contributed by atoms with E-state index in [9.17, 15) is 0 Å². The quantitative estimate of drug-likeness (QED) is 0.635. The van der Waals surface area contributed by atoms with E-state index in [1.54, 1.807) is 11.8 Å². The molecule has 0 bridgehead atoms. The van der Waals surface area contributed by atoms with Gasteiger partial charge in [-0.05, 0) is 30.9 Å². The zero-order valence-electron chi connectivity index (χ0n) is 9.80. The average Bonchev–Trinajstić information content (AvgIpc) is 2.87. The third kappa shape index (κ3) is 2.90. The third-order valence-electron chi connectivity index (χ3n) is 2.51. The van der Waals surface area contributed by atoms with Crippen LogP contribution in [0.3, 0.4) is 0 Å². The number of thioether (sulfide) groups is 1. The van der Waals surface area contributed by atoms with E-state index in [4.69, 9.17) is 0 Å². The molecule has 1 aromatic heterocycles. The molecule has 17 heavy (non-hydrogen) atoms. The van der Waals surface area contributed by atoms with Crippen LogP contribution in [0.4, 0.5) is 0 Å². The maximum atomic E-state index is 4.18. The molecule has 0 radical (unpaired) electrons. The van der Waals surface area contributed by atoms with Gasteiger partial charge in [0.1, 0.15) is 0 Å². The fraction of sp³-hybridized carbons (Fsp3) is 0.333. The summed E-state index contributed by atoms with van der Waals surface area (Å²) in [5, 5.41) is 8.34. The summed E-state index contributed by atoms with van der Waals surface area (Å²) in [4.78, 5) is 1.51. The van der Waals surface area contributed by atoms with Crippen molar-refractivity contribution in [3.63, 3.8) is 0 Å². The lowest BCUT2D eigenvalue weighted by Crippen LogP contribution is -1.94. The van der Waals surface area contributed by atoms with Gasteiger partial charge in [-0.3, -0.25) is 0 Å².